The summed E-state index contributed by atoms with van der Waals surface area (Å²) < 4.78 is 45.6. The highest BCUT2D eigenvalue weighted by atomic mass is 79.9. The molecule has 0 saturated heterocycles. The lowest BCUT2D eigenvalue weighted by Crippen LogP contribution is -2.39. The highest BCUT2D eigenvalue weighted by molar-refractivity contribution is 9.10. The van der Waals surface area contributed by atoms with Crippen molar-refractivity contribution in [3.63, 3.8) is 0 Å². The second-order valence-electron chi connectivity index (χ2n) is 8.85. The molecule has 0 spiro atoms. The molecule has 4 aromatic rings. The van der Waals surface area contributed by atoms with Crippen molar-refractivity contribution >= 4 is 43.8 Å². The third kappa shape index (κ3) is 7.89. The second-order valence-corrected chi connectivity index (χ2v) is 11.6. The van der Waals surface area contributed by atoms with Gasteiger partial charge in [0.2, 0.25) is 0 Å². The number of nitrogens with one attached hydrogen (secondary N) is 1. The van der Waals surface area contributed by atoms with Gasteiger partial charge < -0.3 is 14.2 Å². The minimum absolute atomic E-state index is 0.0571. The molecule has 9 nitrogen and oxygen atoms in total. The average molecular weight is 653 g/mol. The van der Waals surface area contributed by atoms with E-state index in [1.54, 1.807) is 54.6 Å². The molecule has 1 amide bonds. The SMILES string of the molecule is CCOc1ccc(N(CC(=O)N/N=C\c2cc(Br)c(OCc3ccccc3)c(OC)c2)S(=O)(=O)c2ccccc2)cc1. The van der Waals surface area contributed by atoms with Gasteiger partial charge in [-0.1, -0.05) is 48.5 Å². The first kappa shape index (κ1) is 30.6. The fourth-order valence-electron chi connectivity index (χ4n) is 3.94. The van der Waals surface area contributed by atoms with Crippen LogP contribution in [0, 0.1) is 0 Å². The van der Waals surface area contributed by atoms with E-state index >= 15 is 0 Å². The molecule has 0 aromatic heterocycles. The van der Waals surface area contributed by atoms with Gasteiger partial charge in [-0.25, -0.2) is 13.8 Å². The van der Waals surface area contributed by atoms with Crippen LogP contribution in [0.4, 0.5) is 5.69 Å². The number of carbonyl (C=O) groups is 1. The van der Waals surface area contributed by atoms with E-state index in [9.17, 15) is 13.2 Å². The van der Waals surface area contributed by atoms with Crippen LogP contribution in [-0.4, -0.2) is 40.8 Å². The highest BCUT2D eigenvalue weighted by Gasteiger charge is 2.27. The molecule has 0 fully saturated rings. The Balaban J connectivity index is 1.48. The monoisotopic (exact) mass is 651 g/mol. The zero-order valence-electron chi connectivity index (χ0n) is 23.1. The number of nitrogens with zero attached hydrogens (tertiary/aromatic N) is 2. The molecule has 0 heterocycles. The van der Waals surface area contributed by atoms with Crippen molar-refractivity contribution in [3.05, 3.63) is 113 Å². The number of benzene rings is 4. The largest absolute Gasteiger partial charge is 0.494 e. The van der Waals surface area contributed by atoms with Crippen molar-refractivity contribution in [2.24, 2.45) is 5.10 Å². The Bertz CT molecular complexity index is 1620. The van der Waals surface area contributed by atoms with E-state index in [1.165, 1.54) is 25.5 Å². The Morgan fingerprint density at radius 1 is 0.952 bits per heavy atom. The van der Waals surface area contributed by atoms with E-state index in [1.807, 2.05) is 37.3 Å². The standard InChI is InChI=1S/C31H30BrN3O6S/c1-3-40-26-16-14-25(15-17-26)35(42(37,38)27-12-8-5-9-13-27)21-30(36)34-33-20-24-18-28(32)31(29(19-24)39-2)41-22-23-10-6-4-7-11-23/h4-20H,3,21-22H2,1-2H3,(H,34,36)/b33-20-. The van der Waals surface area contributed by atoms with E-state index in [2.05, 4.69) is 26.5 Å². The molecule has 0 aliphatic rings. The molecule has 218 valence electrons. The van der Waals surface area contributed by atoms with Gasteiger partial charge >= 0.3 is 0 Å². The van der Waals surface area contributed by atoms with Gasteiger partial charge in [0.25, 0.3) is 15.9 Å². The summed E-state index contributed by atoms with van der Waals surface area (Å²) in [5, 5.41) is 4.04. The van der Waals surface area contributed by atoms with E-state index in [0.717, 1.165) is 9.87 Å². The van der Waals surface area contributed by atoms with Crippen LogP contribution in [-0.2, 0) is 21.4 Å². The molecular weight excluding hydrogens is 622 g/mol. The highest BCUT2D eigenvalue weighted by Crippen LogP contribution is 2.37. The number of methoxy groups -OCH3 is 1. The topological polar surface area (TPSA) is 107 Å². The minimum Gasteiger partial charge on any atom is -0.494 e. The van der Waals surface area contributed by atoms with Gasteiger partial charge in [0.1, 0.15) is 18.9 Å². The molecule has 0 aliphatic heterocycles. The third-order valence-electron chi connectivity index (χ3n) is 5.93. The predicted octanol–water partition coefficient (Wildman–Crippen LogP) is 5.78. The van der Waals surface area contributed by atoms with Crippen molar-refractivity contribution < 1.29 is 27.4 Å². The maximum Gasteiger partial charge on any atom is 0.264 e. The lowest BCUT2D eigenvalue weighted by molar-refractivity contribution is -0.119. The molecule has 11 heteroatoms. The first-order valence-electron chi connectivity index (χ1n) is 13.0. The fourth-order valence-corrected chi connectivity index (χ4v) is 5.95. The summed E-state index contributed by atoms with van der Waals surface area (Å²) in [7, 11) is -2.52. The Morgan fingerprint density at radius 2 is 1.62 bits per heavy atom. The molecule has 4 rings (SSSR count). The van der Waals surface area contributed by atoms with Crippen molar-refractivity contribution in [2.45, 2.75) is 18.4 Å². The lowest BCUT2D eigenvalue weighted by atomic mass is 10.2. The molecule has 0 unspecified atom stereocenters. The summed E-state index contributed by atoms with van der Waals surface area (Å²) in [6.45, 7) is 2.18. The van der Waals surface area contributed by atoms with E-state index in [0.29, 0.717) is 46.2 Å². The Kier molecular flexibility index (Phi) is 10.6. The number of anilines is 1. The molecular formula is C31H30BrN3O6S. The van der Waals surface area contributed by atoms with Crippen LogP contribution in [0.3, 0.4) is 0 Å². The lowest BCUT2D eigenvalue weighted by Gasteiger charge is -2.24. The Labute approximate surface area is 253 Å². The smallest absolute Gasteiger partial charge is 0.264 e. The number of sulfonamides is 1. The van der Waals surface area contributed by atoms with Crippen LogP contribution in [0.25, 0.3) is 0 Å². The number of carbonyl (C=O) groups excluding carboxylic acids is 1. The molecule has 1 N–H and O–H groups in total. The number of rotatable bonds is 13. The van der Waals surface area contributed by atoms with Crippen LogP contribution < -0.4 is 23.9 Å². The molecule has 0 radical (unpaired) electrons. The second kappa shape index (κ2) is 14.5. The number of ether oxygens (including phenoxy) is 3. The maximum atomic E-state index is 13.5. The third-order valence-corrected chi connectivity index (χ3v) is 8.31. The average Bonchev–Trinajstić information content (AvgIpc) is 3.00. The number of hydrogen-bond donors (Lipinski definition) is 1. The quantitative estimate of drug-likeness (QED) is 0.145. The van der Waals surface area contributed by atoms with Crippen molar-refractivity contribution in [1.29, 1.82) is 0 Å². The summed E-state index contributed by atoms with van der Waals surface area (Å²) in [5.41, 5.74) is 4.35. The zero-order chi connectivity index (χ0) is 30.0. The van der Waals surface area contributed by atoms with Crippen LogP contribution >= 0.6 is 15.9 Å². The summed E-state index contributed by atoms with van der Waals surface area (Å²) in [6, 6.07) is 27.6. The summed E-state index contributed by atoms with van der Waals surface area (Å²) in [4.78, 5) is 13.0. The van der Waals surface area contributed by atoms with Crippen molar-refractivity contribution in [3.8, 4) is 17.2 Å². The van der Waals surface area contributed by atoms with Gasteiger partial charge in [0.05, 0.1) is 35.0 Å². The van der Waals surface area contributed by atoms with E-state index in [4.69, 9.17) is 14.2 Å². The summed E-state index contributed by atoms with van der Waals surface area (Å²) >= 11 is 3.51. The van der Waals surface area contributed by atoms with Crippen LogP contribution in [0.15, 0.2) is 112 Å². The van der Waals surface area contributed by atoms with Gasteiger partial charge in [0.15, 0.2) is 11.5 Å². The molecule has 4 aromatic carbocycles. The van der Waals surface area contributed by atoms with Gasteiger partial charge in [0, 0.05) is 0 Å². The van der Waals surface area contributed by atoms with Crippen molar-refractivity contribution in [2.75, 3.05) is 24.6 Å². The number of amides is 1. The van der Waals surface area contributed by atoms with E-state index < -0.39 is 22.5 Å². The molecule has 0 saturated carbocycles. The van der Waals surface area contributed by atoms with Crippen LogP contribution in [0.1, 0.15) is 18.1 Å². The maximum absolute atomic E-state index is 13.5. The first-order valence-corrected chi connectivity index (χ1v) is 15.2. The first-order chi connectivity index (χ1) is 20.3. The van der Waals surface area contributed by atoms with E-state index in [-0.39, 0.29) is 4.90 Å². The molecule has 0 aliphatic carbocycles. The van der Waals surface area contributed by atoms with Gasteiger partial charge in [-0.3, -0.25) is 9.10 Å². The molecule has 0 atom stereocenters. The Morgan fingerprint density at radius 3 is 2.26 bits per heavy atom. The van der Waals surface area contributed by atoms with Crippen molar-refractivity contribution in [1.82, 2.24) is 5.43 Å². The number of hydrazone groups is 1. The normalized spacial score (nSPS) is 11.2. The summed E-state index contributed by atoms with van der Waals surface area (Å²) in [6.07, 6.45) is 1.43. The van der Waals surface area contributed by atoms with Crippen LogP contribution in [0.5, 0.6) is 17.2 Å². The summed E-state index contributed by atoms with van der Waals surface area (Å²) in [5.74, 6) is 0.960. The number of hydrogen-bond acceptors (Lipinski definition) is 7. The van der Waals surface area contributed by atoms with Gasteiger partial charge in [-0.2, -0.15) is 5.10 Å². The zero-order valence-corrected chi connectivity index (χ0v) is 25.5. The molecule has 0 bridgehead atoms. The number of halogens is 1. The Hall–Kier alpha value is -4.35. The van der Waals surface area contributed by atoms with Crippen LogP contribution in [0.2, 0.25) is 0 Å². The van der Waals surface area contributed by atoms with Gasteiger partial charge in [-0.05, 0) is 82.5 Å². The fraction of sp³-hybridized carbons (Fsp3) is 0.161. The predicted molar refractivity (Wildman–Crippen MR) is 166 cm³/mol. The van der Waals surface area contributed by atoms with Gasteiger partial charge in [-0.15, -0.1) is 0 Å². The molecule has 42 heavy (non-hydrogen) atoms. The minimum atomic E-state index is -4.05.